The molecule has 0 aliphatic carbocycles. The molecule has 0 heterocycles. The lowest BCUT2D eigenvalue weighted by Gasteiger charge is -2.26. The monoisotopic (exact) mass is 450 g/mol. The minimum absolute atomic E-state index is 0.223. The first-order valence-corrected chi connectivity index (χ1v) is 9.88. The highest BCUT2D eigenvalue weighted by atomic mass is 19.4. The van der Waals surface area contributed by atoms with Crippen molar-refractivity contribution in [2.45, 2.75) is 46.6 Å². The molecule has 0 aliphatic rings. The number of carbonyl (C=O) groups is 2. The Labute approximate surface area is 184 Å². The van der Waals surface area contributed by atoms with E-state index in [4.69, 9.17) is 9.47 Å². The Balaban J connectivity index is 2.14. The zero-order valence-electron chi connectivity index (χ0n) is 18.5. The number of ether oxygens (including phenoxy) is 3. The molecule has 0 amide bonds. The summed E-state index contributed by atoms with van der Waals surface area (Å²) in [5.41, 5.74) is 1.32. The van der Waals surface area contributed by atoms with Crippen LogP contribution in [0.4, 0.5) is 13.2 Å². The molecule has 8 heteroatoms. The Kier molecular flexibility index (Phi) is 7.72. The van der Waals surface area contributed by atoms with Crippen molar-refractivity contribution in [2.75, 3.05) is 6.61 Å². The van der Waals surface area contributed by atoms with Crippen LogP contribution in [0.2, 0.25) is 0 Å². The SMILES string of the molecule is CCOC(=O)C(C)(C)Oc1c(C)cc(/C=C/C(=O)c2ccc(OC(F)(F)F)cc2)cc1C. The van der Waals surface area contributed by atoms with Crippen molar-refractivity contribution in [1.29, 1.82) is 0 Å². The van der Waals surface area contributed by atoms with E-state index in [1.807, 2.05) is 13.8 Å². The fourth-order valence-electron chi connectivity index (χ4n) is 2.93. The number of carbonyl (C=O) groups excluding carboxylic acids is 2. The van der Waals surface area contributed by atoms with Crippen LogP contribution in [-0.4, -0.2) is 30.3 Å². The second kappa shape index (κ2) is 9.89. The van der Waals surface area contributed by atoms with Gasteiger partial charge in [-0.3, -0.25) is 4.79 Å². The van der Waals surface area contributed by atoms with Crippen molar-refractivity contribution in [1.82, 2.24) is 0 Å². The first kappa shape index (κ1) is 25.0. The van der Waals surface area contributed by atoms with Crippen LogP contribution in [0.25, 0.3) is 6.08 Å². The first-order valence-electron chi connectivity index (χ1n) is 9.88. The minimum Gasteiger partial charge on any atom is -0.476 e. The maximum absolute atomic E-state index is 12.3. The molecule has 0 atom stereocenters. The zero-order chi connectivity index (χ0) is 24.1. The third-order valence-electron chi connectivity index (χ3n) is 4.41. The van der Waals surface area contributed by atoms with Gasteiger partial charge in [-0.2, -0.15) is 0 Å². The summed E-state index contributed by atoms with van der Waals surface area (Å²) in [5.74, 6) is -0.694. The van der Waals surface area contributed by atoms with E-state index in [1.54, 1.807) is 39.0 Å². The topological polar surface area (TPSA) is 61.8 Å². The van der Waals surface area contributed by atoms with Gasteiger partial charge in [-0.15, -0.1) is 13.2 Å². The molecule has 5 nitrogen and oxygen atoms in total. The van der Waals surface area contributed by atoms with E-state index in [2.05, 4.69) is 4.74 Å². The van der Waals surface area contributed by atoms with Gasteiger partial charge in [-0.25, -0.2) is 4.79 Å². The van der Waals surface area contributed by atoms with Crippen molar-refractivity contribution in [3.63, 3.8) is 0 Å². The molecule has 0 aromatic heterocycles. The number of aryl methyl sites for hydroxylation is 2. The van der Waals surface area contributed by atoms with Crippen molar-refractivity contribution >= 4 is 17.8 Å². The maximum Gasteiger partial charge on any atom is 0.573 e. The van der Waals surface area contributed by atoms with Crippen molar-refractivity contribution in [3.05, 3.63) is 64.7 Å². The average Bonchev–Trinajstić information content (AvgIpc) is 2.68. The lowest BCUT2D eigenvalue weighted by atomic mass is 10.0. The van der Waals surface area contributed by atoms with Crippen LogP contribution in [0.1, 0.15) is 47.8 Å². The standard InChI is InChI=1S/C24H25F3O5/c1-6-30-22(29)23(4,5)32-21-15(2)13-17(14-16(21)3)7-12-20(28)18-8-10-19(11-9-18)31-24(25,26)27/h7-14H,6H2,1-5H3/b12-7+. The normalized spacial score (nSPS) is 12.0. The summed E-state index contributed by atoms with van der Waals surface area (Å²) in [6, 6.07) is 8.29. The van der Waals surface area contributed by atoms with Crippen molar-refractivity contribution in [3.8, 4) is 11.5 Å². The van der Waals surface area contributed by atoms with Crippen molar-refractivity contribution < 1.29 is 37.0 Å². The highest BCUT2D eigenvalue weighted by molar-refractivity contribution is 6.06. The largest absolute Gasteiger partial charge is 0.573 e. The highest BCUT2D eigenvalue weighted by Gasteiger charge is 2.33. The van der Waals surface area contributed by atoms with Gasteiger partial charge in [-0.1, -0.05) is 6.08 Å². The van der Waals surface area contributed by atoms with Crippen LogP contribution in [0.3, 0.4) is 0 Å². The Morgan fingerprint density at radius 1 is 0.969 bits per heavy atom. The van der Waals surface area contributed by atoms with E-state index in [-0.39, 0.29) is 18.0 Å². The number of rotatable bonds is 8. The molecule has 0 unspecified atom stereocenters. The van der Waals surface area contributed by atoms with Gasteiger partial charge >= 0.3 is 12.3 Å². The number of hydrogen-bond acceptors (Lipinski definition) is 5. The molecule has 0 fully saturated rings. The summed E-state index contributed by atoms with van der Waals surface area (Å²) < 4.78 is 51.5. The van der Waals surface area contributed by atoms with Gasteiger partial charge in [0.2, 0.25) is 0 Å². The molecule has 0 aliphatic heterocycles. The number of esters is 1. The van der Waals surface area contributed by atoms with Gasteiger partial charge in [0.15, 0.2) is 11.4 Å². The van der Waals surface area contributed by atoms with Gasteiger partial charge in [0.05, 0.1) is 6.61 Å². The molecule has 0 bridgehead atoms. The lowest BCUT2D eigenvalue weighted by molar-refractivity contribution is -0.274. The van der Waals surface area contributed by atoms with Crippen LogP contribution in [0.5, 0.6) is 11.5 Å². The summed E-state index contributed by atoms with van der Waals surface area (Å²) >= 11 is 0. The van der Waals surface area contributed by atoms with E-state index in [1.165, 1.54) is 18.2 Å². The smallest absolute Gasteiger partial charge is 0.476 e. The Morgan fingerprint density at radius 2 is 1.53 bits per heavy atom. The molecule has 32 heavy (non-hydrogen) atoms. The molecular formula is C24H25F3O5. The van der Waals surface area contributed by atoms with E-state index >= 15 is 0 Å². The number of halogens is 3. The van der Waals surface area contributed by atoms with Crippen LogP contribution in [0, 0.1) is 13.8 Å². The Morgan fingerprint density at radius 3 is 2.03 bits per heavy atom. The third-order valence-corrected chi connectivity index (χ3v) is 4.41. The fraction of sp³-hybridized carbons (Fsp3) is 0.333. The molecule has 0 spiro atoms. The van der Waals surface area contributed by atoms with E-state index in [0.29, 0.717) is 5.75 Å². The Hall–Kier alpha value is -3.29. The molecule has 2 aromatic rings. The van der Waals surface area contributed by atoms with E-state index < -0.39 is 23.7 Å². The minimum atomic E-state index is -4.79. The number of benzene rings is 2. The van der Waals surface area contributed by atoms with Gasteiger partial charge in [0.25, 0.3) is 0 Å². The number of ketones is 1. The van der Waals surface area contributed by atoms with Crippen LogP contribution in [0.15, 0.2) is 42.5 Å². The molecule has 172 valence electrons. The molecule has 2 rings (SSSR count). The summed E-state index contributed by atoms with van der Waals surface area (Å²) in [4.78, 5) is 24.5. The molecule has 0 saturated carbocycles. The predicted molar refractivity (Wildman–Crippen MR) is 114 cm³/mol. The summed E-state index contributed by atoms with van der Waals surface area (Å²) in [7, 11) is 0. The van der Waals surface area contributed by atoms with E-state index in [9.17, 15) is 22.8 Å². The van der Waals surface area contributed by atoms with Gasteiger partial charge < -0.3 is 14.2 Å². The lowest BCUT2D eigenvalue weighted by Crippen LogP contribution is -2.40. The summed E-state index contributed by atoms with van der Waals surface area (Å²) in [5, 5.41) is 0. The maximum atomic E-state index is 12.3. The third kappa shape index (κ3) is 6.87. The van der Waals surface area contributed by atoms with Crippen LogP contribution in [-0.2, 0) is 9.53 Å². The fourth-order valence-corrected chi connectivity index (χ4v) is 2.93. The van der Waals surface area contributed by atoms with Gasteiger partial charge in [0.1, 0.15) is 11.5 Å². The Bertz CT molecular complexity index is 982. The van der Waals surface area contributed by atoms with Crippen molar-refractivity contribution in [2.24, 2.45) is 0 Å². The number of allylic oxidation sites excluding steroid dienone is 1. The predicted octanol–water partition coefficient (Wildman–Crippen LogP) is 5.82. The zero-order valence-corrected chi connectivity index (χ0v) is 18.5. The van der Waals surface area contributed by atoms with Gasteiger partial charge in [0, 0.05) is 5.56 Å². The second-order valence-electron chi connectivity index (χ2n) is 7.59. The average molecular weight is 450 g/mol. The molecule has 0 saturated heterocycles. The molecule has 2 aromatic carbocycles. The van der Waals surface area contributed by atoms with Crippen LogP contribution < -0.4 is 9.47 Å². The highest BCUT2D eigenvalue weighted by Crippen LogP contribution is 2.30. The summed E-state index contributed by atoms with van der Waals surface area (Å²) in [6.07, 6.45) is -1.86. The van der Waals surface area contributed by atoms with Gasteiger partial charge in [-0.05, 0) is 93.8 Å². The molecular weight excluding hydrogens is 425 g/mol. The van der Waals surface area contributed by atoms with E-state index in [0.717, 1.165) is 28.8 Å². The summed E-state index contributed by atoms with van der Waals surface area (Å²) in [6.45, 7) is 8.87. The van der Waals surface area contributed by atoms with Crippen LogP contribution >= 0.6 is 0 Å². The molecule has 0 N–H and O–H groups in total. The number of hydrogen-bond donors (Lipinski definition) is 0. The quantitative estimate of drug-likeness (QED) is 0.288. The molecule has 0 radical (unpaired) electrons. The second-order valence-corrected chi connectivity index (χ2v) is 7.59. The number of alkyl halides is 3. The first-order chi connectivity index (χ1) is 14.8.